The molecule has 13 heavy (non-hydrogen) atoms. The van der Waals surface area contributed by atoms with Gasteiger partial charge in [0.2, 0.25) is 0 Å². The molecule has 0 bridgehead atoms. The summed E-state index contributed by atoms with van der Waals surface area (Å²) in [7, 11) is 0. The Morgan fingerprint density at radius 1 is 1.54 bits per heavy atom. The average Bonchev–Trinajstić information content (AvgIpc) is 2.17. The molecule has 1 aliphatic rings. The van der Waals surface area contributed by atoms with Crippen molar-refractivity contribution in [2.24, 2.45) is 5.92 Å². The highest BCUT2D eigenvalue weighted by molar-refractivity contribution is 5.59. The lowest BCUT2D eigenvalue weighted by Gasteiger charge is -2.21. The van der Waals surface area contributed by atoms with Gasteiger partial charge in [-0.2, -0.15) is 0 Å². The molecule has 0 aliphatic carbocycles. The molecule has 1 N–H and O–H groups in total. The van der Waals surface area contributed by atoms with Crippen LogP contribution in [0.5, 0.6) is 0 Å². The van der Waals surface area contributed by atoms with Crippen molar-refractivity contribution < 1.29 is 14.3 Å². The maximum atomic E-state index is 10.8. The Bertz CT molecular complexity index is 155. The van der Waals surface area contributed by atoms with E-state index in [0.717, 1.165) is 25.9 Å². The molecule has 1 atom stereocenters. The van der Waals surface area contributed by atoms with Crippen LogP contribution in [0, 0.1) is 5.92 Å². The minimum absolute atomic E-state index is 0.377. The normalized spacial score (nSPS) is 22.4. The molecule has 0 spiro atoms. The molecule has 4 heteroatoms. The van der Waals surface area contributed by atoms with Crippen molar-refractivity contribution in [1.82, 2.24) is 5.32 Å². The molecular weight excluding hydrogens is 170 g/mol. The van der Waals surface area contributed by atoms with Gasteiger partial charge in [0.15, 0.2) is 0 Å². The third-order valence-corrected chi connectivity index (χ3v) is 2.10. The fourth-order valence-corrected chi connectivity index (χ4v) is 1.41. The van der Waals surface area contributed by atoms with Crippen LogP contribution in [0.3, 0.4) is 0 Å². The maximum absolute atomic E-state index is 10.8. The number of carbonyl (C=O) groups excluding carboxylic acids is 1. The van der Waals surface area contributed by atoms with Gasteiger partial charge in [0.25, 0.3) is 0 Å². The molecule has 1 unspecified atom stereocenters. The van der Waals surface area contributed by atoms with Crippen LogP contribution in [0.4, 0.5) is 4.79 Å². The van der Waals surface area contributed by atoms with Gasteiger partial charge in [-0.1, -0.05) is 0 Å². The summed E-state index contributed by atoms with van der Waals surface area (Å²) in [6.07, 6.45) is 1.75. The van der Waals surface area contributed by atoms with E-state index in [0.29, 0.717) is 19.1 Å². The van der Waals surface area contributed by atoms with E-state index in [-0.39, 0.29) is 0 Å². The largest absolute Gasteiger partial charge is 0.508 e. The van der Waals surface area contributed by atoms with Crippen LogP contribution in [-0.4, -0.2) is 32.5 Å². The number of carbonyl (C=O) groups is 1. The molecule has 0 aromatic rings. The van der Waals surface area contributed by atoms with E-state index in [1.54, 1.807) is 6.92 Å². The van der Waals surface area contributed by atoms with E-state index < -0.39 is 6.16 Å². The van der Waals surface area contributed by atoms with Crippen molar-refractivity contribution in [2.45, 2.75) is 19.8 Å². The van der Waals surface area contributed by atoms with Gasteiger partial charge in [-0.05, 0) is 26.3 Å². The fourth-order valence-electron chi connectivity index (χ4n) is 1.41. The minimum atomic E-state index is -0.548. The second-order valence-corrected chi connectivity index (χ2v) is 3.21. The summed E-state index contributed by atoms with van der Waals surface area (Å²) in [5, 5.41) is 3.26. The Kier molecular flexibility index (Phi) is 4.60. The Balaban J connectivity index is 2.06. The van der Waals surface area contributed by atoms with Gasteiger partial charge in [-0.25, -0.2) is 4.79 Å². The molecule has 0 aromatic heterocycles. The molecule has 0 aromatic carbocycles. The van der Waals surface area contributed by atoms with Gasteiger partial charge in [0.05, 0.1) is 13.2 Å². The Hall–Kier alpha value is -0.770. The van der Waals surface area contributed by atoms with E-state index >= 15 is 0 Å². The summed E-state index contributed by atoms with van der Waals surface area (Å²) in [6.45, 7) is 4.65. The maximum Gasteiger partial charge on any atom is 0.508 e. The number of rotatable bonds is 3. The van der Waals surface area contributed by atoms with Crippen LogP contribution in [0.25, 0.3) is 0 Å². The van der Waals surface area contributed by atoms with Crippen LogP contribution in [0.1, 0.15) is 19.8 Å². The molecule has 1 fully saturated rings. The first-order chi connectivity index (χ1) is 6.33. The zero-order valence-corrected chi connectivity index (χ0v) is 8.04. The second kappa shape index (κ2) is 5.80. The lowest BCUT2D eigenvalue weighted by molar-refractivity contribution is 0.0447. The standard InChI is InChI=1S/C9H17NO3/c1-2-12-9(11)13-7-8-4-3-5-10-6-8/h8,10H,2-7H2,1H3. The van der Waals surface area contributed by atoms with Crippen LogP contribution < -0.4 is 5.32 Å². The van der Waals surface area contributed by atoms with E-state index in [2.05, 4.69) is 10.1 Å². The molecule has 1 aliphatic heterocycles. The first-order valence-corrected chi connectivity index (χ1v) is 4.83. The predicted octanol–water partition coefficient (Wildman–Crippen LogP) is 1.16. The molecule has 1 heterocycles. The number of hydrogen-bond donors (Lipinski definition) is 1. The lowest BCUT2D eigenvalue weighted by Crippen LogP contribution is -2.32. The van der Waals surface area contributed by atoms with Gasteiger partial charge in [-0.3, -0.25) is 0 Å². The number of nitrogens with one attached hydrogen (secondary N) is 1. The third-order valence-electron chi connectivity index (χ3n) is 2.10. The summed E-state index contributed by atoms with van der Waals surface area (Å²) < 4.78 is 9.57. The van der Waals surface area contributed by atoms with Gasteiger partial charge in [-0.15, -0.1) is 0 Å². The topological polar surface area (TPSA) is 47.6 Å². The molecule has 0 saturated carbocycles. The van der Waals surface area contributed by atoms with Crippen molar-refractivity contribution in [3.05, 3.63) is 0 Å². The molecule has 1 saturated heterocycles. The quantitative estimate of drug-likeness (QED) is 0.673. The third kappa shape index (κ3) is 4.12. The van der Waals surface area contributed by atoms with Gasteiger partial charge in [0.1, 0.15) is 0 Å². The Labute approximate surface area is 78.6 Å². The van der Waals surface area contributed by atoms with Crippen molar-refractivity contribution >= 4 is 6.16 Å². The van der Waals surface area contributed by atoms with Gasteiger partial charge >= 0.3 is 6.16 Å². The van der Waals surface area contributed by atoms with Crippen LogP contribution >= 0.6 is 0 Å². The SMILES string of the molecule is CCOC(=O)OCC1CCCNC1. The highest BCUT2D eigenvalue weighted by Gasteiger charge is 2.15. The molecule has 0 radical (unpaired) electrons. The molecule has 0 amide bonds. The number of hydrogen-bond acceptors (Lipinski definition) is 4. The monoisotopic (exact) mass is 187 g/mol. The fraction of sp³-hybridized carbons (Fsp3) is 0.889. The van der Waals surface area contributed by atoms with Gasteiger partial charge < -0.3 is 14.8 Å². The van der Waals surface area contributed by atoms with Gasteiger partial charge in [0, 0.05) is 12.5 Å². The summed E-state index contributed by atoms with van der Waals surface area (Å²) >= 11 is 0. The summed E-state index contributed by atoms with van der Waals surface area (Å²) in [5.41, 5.74) is 0. The van der Waals surface area contributed by atoms with Crippen LogP contribution in [-0.2, 0) is 9.47 Å². The summed E-state index contributed by atoms with van der Waals surface area (Å²) in [4.78, 5) is 10.8. The minimum Gasteiger partial charge on any atom is -0.435 e. The highest BCUT2D eigenvalue weighted by Crippen LogP contribution is 2.10. The Morgan fingerprint density at radius 2 is 2.38 bits per heavy atom. The smallest absolute Gasteiger partial charge is 0.435 e. The van der Waals surface area contributed by atoms with E-state index in [4.69, 9.17) is 4.74 Å². The zero-order chi connectivity index (χ0) is 9.52. The summed E-state index contributed by atoms with van der Waals surface area (Å²) in [6, 6.07) is 0. The molecule has 1 rings (SSSR count). The predicted molar refractivity (Wildman–Crippen MR) is 48.6 cm³/mol. The molecule has 76 valence electrons. The molecular formula is C9H17NO3. The van der Waals surface area contributed by atoms with Crippen molar-refractivity contribution in [1.29, 1.82) is 0 Å². The van der Waals surface area contributed by atoms with Crippen LogP contribution in [0.15, 0.2) is 0 Å². The van der Waals surface area contributed by atoms with E-state index in [1.165, 1.54) is 0 Å². The molecule has 4 nitrogen and oxygen atoms in total. The van der Waals surface area contributed by atoms with E-state index in [9.17, 15) is 4.79 Å². The Morgan fingerprint density at radius 3 is 3.00 bits per heavy atom. The second-order valence-electron chi connectivity index (χ2n) is 3.21. The van der Waals surface area contributed by atoms with Crippen molar-refractivity contribution in [3.8, 4) is 0 Å². The van der Waals surface area contributed by atoms with Crippen molar-refractivity contribution in [3.63, 3.8) is 0 Å². The van der Waals surface area contributed by atoms with Crippen molar-refractivity contribution in [2.75, 3.05) is 26.3 Å². The van der Waals surface area contributed by atoms with Crippen LogP contribution in [0.2, 0.25) is 0 Å². The summed E-state index contributed by atoms with van der Waals surface area (Å²) in [5.74, 6) is 0.457. The first-order valence-electron chi connectivity index (χ1n) is 4.83. The lowest BCUT2D eigenvalue weighted by atomic mass is 10.0. The number of piperidine rings is 1. The highest BCUT2D eigenvalue weighted by atomic mass is 16.7. The zero-order valence-electron chi connectivity index (χ0n) is 8.04. The average molecular weight is 187 g/mol. The number of ether oxygens (including phenoxy) is 2. The van der Waals surface area contributed by atoms with E-state index in [1.807, 2.05) is 0 Å². The first kappa shape index (κ1) is 10.3.